The summed E-state index contributed by atoms with van der Waals surface area (Å²) >= 11 is 0. The van der Waals surface area contributed by atoms with Crippen LogP contribution < -0.4 is 5.73 Å². The van der Waals surface area contributed by atoms with Crippen LogP contribution in [0.15, 0.2) is 0 Å². The van der Waals surface area contributed by atoms with Gasteiger partial charge in [-0.25, -0.2) is 4.79 Å². The maximum absolute atomic E-state index is 11.7. The third-order valence-corrected chi connectivity index (χ3v) is 2.84. The molecule has 0 bridgehead atoms. The van der Waals surface area contributed by atoms with Crippen molar-refractivity contribution in [2.45, 2.75) is 37.8 Å². The summed E-state index contributed by atoms with van der Waals surface area (Å²) < 4.78 is 0. The Morgan fingerprint density at radius 2 is 2.00 bits per heavy atom. The first kappa shape index (κ1) is 13.4. The predicted molar refractivity (Wildman–Crippen MR) is 57.2 cm³/mol. The van der Waals surface area contributed by atoms with Gasteiger partial charge in [-0.1, -0.05) is 0 Å². The number of carboxylic acids is 2. The maximum Gasteiger partial charge on any atom is 0.326 e. The van der Waals surface area contributed by atoms with E-state index in [4.69, 9.17) is 15.9 Å². The van der Waals surface area contributed by atoms with Crippen LogP contribution in [0.5, 0.6) is 0 Å². The molecule has 17 heavy (non-hydrogen) atoms. The molecule has 1 heterocycles. The highest BCUT2D eigenvalue weighted by atomic mass is 16.4. The number of rotatable bonds is 5. The van der Waals surface area contributed by atoms with E-state index < -0.39 is 24.0 Å². The minimum atomic E-state index is -1.16. The maximum atomic E-state index is 11.7. The molecule has 1 fully saturated rings. The molecule has 0 aliphatic carbocycles. The molecule has 2 atom stereocenters. The Morgan fingerprint density at radius 3 is 2.53 bits per heavy atom. The lowest BCUT2D eigenvalue weighted by Gasteiger charge is -2.21. The van der Waals surface area contributed by atoms with Gasteiger partial charge >= 0.3 is 11.9 Å². The van der Waals surface area contributed by atoms with Gasteiger partial charge in [-0.3, -0.25) is 9.59 Å². The van der Waals surface area contributed by atoms with Crippen molar-refractivity contribution in [2.75, 3.05) is 6.54 Å². The highest BCUT2D eigenvalue weighted by molar-refractivity contribution is 5.84. The molecule has 7 nitrogen and oxygen atoms in total. The Bertz CT molecular complexity index is 331. The van der Waals surface area contributed by atoms with Crippen LogP contribution in [0.25, 0.3) is 0 Å². The minimum absolute atomic E-state index is 0.0248. The van der Waals surface area contributed by atoms with Crippen molar-refractivity contribution in [3.05, 3.63) is 0 Å². The fraction of sp³-hybridized carbons (Fsp3) is 0.700. The van der Waals surface area contributed by atoms with Crippen LogP contribution in [0.2, 0.25) is 0 Å². The highest BCUT2D eigenvalue weighted by Crippen LogP contribution is 2.19. The van der Waals surface area contributed by atoms with E-state index in [2.05, 4.69) is 0 Å². The molecule has 1 amide bonds. The Hall–Kier alpha value is -1.63. The van der Waals surface area contributed by atoms with Crippen LogP contribution in [0.3, 0.4) is 0 Å². The summed E-state index contributed by atoms with van der Waals surface area (Å²) in [6.45, 7) is 0.415. The van der Waals surface area contributed by atoms with Crippen molar-refractivity contribution >= 4 is 17.8 Å². The van der Waals surface area contributed by atoms with Crippen LogP contribution in [0.4, 0.5) is 0 Å². The summed E-state index contributed by atoms with van der Waals surface area (Å²) in [5, 5.41) is 17.4. The van der Waals surface area contributed by atoms with Crippen molar-refractivity contribution in [1.29, 1.82) is 0 Å². The van der Waals surface area contributed by atoms with E-state index in [0.717, 1.165) is 0 Å². The summed E-state index contributed by atoms with van der Waals surface area (Å²) in [6, 6.07) is -1.85. The predicted octanol–water partition coefficient (Wildman–Crippen LogP) is -0.746. The van der Waals surface area contributed by atoms with Gasteiger partial charge in [0, 0.05) is 13.0 Å². The summed E-state index contributed by atoms with van der Waals surface area (Å²) in [4.78, 5) is 34.3. The standard InChI is InChI=1S/C10H16N2O5/c11-6(9(14)15)3-4-8(13)12-5-1-2-7(12)10(16)17/h6-7H,1-5,11H2,(H,14,15)(H,16,17). The normalized spacial score (nSPS) is 21.2. The van der Waals surface area contributed by atoms with Crippen molar-refractivity contribution in [1.82, 2.24) is 4.90 Å². The zero-order valence-electron chi connectivity index (χ0n) is 9.33. The monoisotopic (exact) mass is 244 g/mol. The third kappa shape index (κ3) is 3.42. The summed E-state index contributed by atoms with van der Waals surface area (Å²) in [5.74, 6) is -2.51. The van der Waals surface area contributed by atoms with Crippen LogP contribution in [-0.4, -0.2) is 51.6 Å². The number of carboxylic acid groups (broad SMARTS) is 2. The third-order valence-electron chi connectivity index (χ3n) is 2.84. The molecule has 1 saturated heterocycles. The largest absolute Gasteiger partial charge is 0.480 e. The van der Waals surface area contributed by atoms with Crippen LogP contribution in [-0.2, 0) is 14.4 Å². The number of likely N-dealkylation sites (tertiary alicyclic amines) is 1. The van der Waals surface area contributed by atoms with Gasteiger partial charge in [0.05, 0.1) is 0 Å². The lowest BCUT2D eigenvalue weighted by molar-refractivity contribution is -0.148. The second-order valence-electron chi connectivity index (χ2n) is 4.07. The quantitative estimate of drug-likeness (QED) is 0.585. The number of aliphatic carboxylic acids is 2. The number of hydrogen-bond donors (Lipinski definition) is 3. The van der Waals surface area contributed by atoms with Crippen molar-refractivity contribution in [3.63, 3.8) is 0 Å². The molecule has 96 valence electrons. The SMILES string of the molecule is NC(CCC(=O)N1CCCC1C(=O)O)C(=O)O. The average Bonchev–Trinajstić information content (AvgIpc) is 2.73. The molecule has 2 unspecified atom stereocenters. The Balaban J connectivity index is 2.47. The molecule has 0 aromatic heterocycles. The van der Waals surface area contributed by atoms with E-state index in [1.165, 1.54) is 4.90 Å². The van der Waals surface area contributed by atoms with E-state index in [9.17, 15) is 14.4 Å². The fourth-order valence-corrected chi connectivity index (χ4v) is 1.87. The van der Waals surface area contributed by atoms with E-state index in [1.807, 2.05) is 0 Å². The first-order valence-electron chi connectivity index (χ1n) is 5.44. The molecule has 1 aliphatic rings. The molecule has 1 aliphatic heterocycles. The summed E-state index contributed by atoms with van der Waals surface area (Å²) in [5.41, 5.74) is 5.27. The van der Waals surface area contributed by atoms with Crippen molar-refractivity contribution in [3.8, 4) is 0 Å². The zero-order valence-corrected chi connectivity index (χ0v) is 9.33. The van der Waals surface area contributed by atoms with Gasteiger partial charge in [-0.15, -0.1) is 0 Å². The molecule has 0 saturated carbocycles. The fourth-order valence-electron chi connectivity index (χ4n) is 1.87. The molecular formula is C10H16N2O5. The molecule has 0 aromatic carbocycles. The number of hydrogen-bond acceptors (Lipinski definition) is 4. The Morgan fingerprint density at radius 1 is 1.35 bits per heavy atom. The Kier molecular flexibility index (Phi) is 4.45. The van der Waals surface area contributed by atoms with Gasteiger partial charge < -0.3 is 20.8 Å². The second-order valence-corrected chi connectivity index (χ2v) is 4.07. The molecule has 0 radical (unpaired) electrons. The molecule has 1 rings (SSSR count). The minimum Gasteiger partial charge on any atom is -0.480 e. The number of amides is 1. The van der Waals surface area contributed by atoms with Gasteiger partial charge in [0.2, 0.25) is 5.91 Å². The van der Waals surface area contributed by atoms with E-state index in [-0.39, 0.29) is 18.7 Å². The smallest absolute Gasteiger partial charge is 0.326 e. The highest BCUT2D eigenvalue weighted by Gasteiger charge is 2.33. The van der Waals surface area contributed by atoms with E-state index in [0.29, 0.717) is 19.4 Å². The van der Waals surface area contributed by atoms with Crippen LogP contribution >= 0.6 is 0 Å². The first-order chi connectivity index (χ1) is 7.93. The van der Waals surface area contributed by atoms with Gasteiger partial charge in [0.25, 0.3) is 0 Å². The lowest BCUT2D eigenvalue weighted by atomic mass is 10.1. The summed E-state index contributed by atoms with van der Waals surface area (Å²) in [6.07, 6.45) is 1.11. The summed E-state index contributed by atoms with van der Waals surface area (Å²) in [7, 11) is 0. The van der Waals surface area contributed by atoms with Gasteiger partial charge in [-0.05, 0) is 19.3 Å². The van der Waals surface area contributed by atoms with Gasteiger partial charge in [0.15, 0.2) is 0 Å². The average molecular weight is 244 g/mol. The van der Waals surface area contributed by atoms with Crippen molar-refractivity contribution in [2.24, 2.45) is 5.73 Å². The molecular weight excluding hydrogens is 228 g/mol. The van der Waals surface area contributed by atoms with E-state index in [1.54, 1.807) is 0 Å². The molecule has 0 aromatic rings. The lowest BCUT2D eigenvalue weighted by Crippen LogP contribution is -2.41. The number of carbonyl (C=O) groups excluding carboxylic acids is 1. The van der Waals surface area contributed by atoms with Crippen molar-refractivity contribution < 1.29 is 24.6 Å². The molecule has 0 spiro atoms. The number of nitrogens with zero attached hydrogens (tertiary/aromatic N) is 1. The first-order valence-corrected chi connectivity index (χ1v) is 5.44. The van der Waals surface area contributed by atoms with Gasteiger partial charge in [-0.2, -0.15) is 0 Å². The van der Waals surface area contributed by atoms with E-state index >= 15 is 0 Å². The molecule has 7 heteroatoms. The number of nitrogens with two attached hydrogens (primary N) is 1. The van der Waals surface area contributed by atoms with Gasteiger partial charge in [0.1, 0.15) is 12.1 Å². The van der Waals surface area contributed by atoms with Crippen LogP contribution in [0, 0.1) is 0 Å². The topological polar surface area (TPSA) is 121 Å². The number of carbonyl (C=O) groups is 3. The second kappa shape index (κ2) is 5.62. The Labute approximate surface area is 98.2 Å². The zero-order chi connectivity index (χ0) is 13.0. The molecule has 4 N–H and O–H groups in total. The van der Waals surface area contributed by atoms with Crippen LogP contribution in [0.1, 0.15) is 25.7 Å².